The Morgan fingerprint density at radius 2 is 2.06 bits per heavy atom. The maximum absolute atomic E-state index is 13.9. The molecular formula is C24H28F3N7O2. The molecule has 3 fully saturated rings. The van der Waals surface area contributed by atoms with Crippen LogP contribution in [0.4, 0.5) is 19.1 Å². The van der Waals surface area contributed by atoms with E-state index in [1.54, 1.807) is 12.1 Å². The molecule has 0 radical (unpaired) electrons. The van der Waals surface area contributed by atoms with Gasteiger partial charge in [-0.2, -0.15) is 13.2 Å². The monoisotopic (exact) mass is 503 g/mol. The van der Waals surface area contributed by atoms with Gasteiger partial charge in [-0.15, -0.1) is 0 Å². The maximum Gasteiger partial charge on any atom is 0.419 e. The number of pyridine rings is 1. The summed E-state index contributed by atoms with van der Waals surface area (Å²) in [7, 11) is 0. The van der Waals surface area contributed by atoms with Gasteiger partial charge in [0, 0.05) is 49.4 Å². The first-order valence-corrected chi connectivity index (χ1v) is 12.3. The molecule has 0 aliphatic carbocycles. The van der Waals surface area contributed by atoms with Gasteiger partial charge in [0.15, 0.2) is 0 Å². The number of morpholine rings is 1. The summed E-state index contributed by atoms with van der Waals surface area (Å²) in [4.78, 5) is 16.0. The molecule has 12 heteroatoms. The zero-order valence-electron chi connectivity index (χ0n) is 19.6. The number of hydrogen-bond donors (Lipinski definition) is 4. The lowest BCUT2D eigenvalue weighted by atomic mass is 9.90. The second-order valence-corrected chi connectivity index (χ2v) is 9.67. The van der Waals surface area contributed by atoms with Crippen LogP contribution in [0.5, 0.6) is 0 Å². The van der Waals surface area contributed by atoms with Crippen LogP contribution in [0, 0.1) is 0 Å². The highest BCUT2D eigenvalue weighted by molar-refractivity contribution is 5.93. The Bertz CT molecular complexity index is 1240. The summed E-state index contributed by atoms with van der Waals surface area (Å²) in [5, 5.41) is 10.4. The first-order chi connectivity index (χ1) is 17.4. The van der Waals surface area contributed by atoms with E-state index in [-0.39, 0.29) is 29.4 Å². The van der Waals surface area contributed by atoms with E-state index in [0.29, 0.717) is 36.4 Å². The quantitative estimate of drug-likeness (QED) is 0.430. The number of alkyl halides is 3. The number of anilines is 1. The zero-order chi connectivity index (χ0) is 24.8. The fourth-order valence-corrected chi connectivity index (χ4v) is 5.37. The van der Waals surface area contributed by atoms with Crippen molar-refractivity contribution in [1.82, 2.24) is 30.6 Å². The minimum Gasteiger partial charge on any atom is -0.371 e. The third kappa shape index (κ3) is 4.54. The molecule has 3 aliphatic rings. The van der Waals surface area contributed by atoms with Crippen LogP contribution >= 0.6 is 0 Å². The van der Waals surface area contributed by atoms with Crippen molar-refractivity contribution in [3.8, 4) is 11.3 Å². The van der Waals surface area contributed by atoms with E-state index < -0.39 is 11.7 Å². The van der Waals surface area contributed by atoms with Crippen molar-refractivity contribution >= 4 is 17.0 Å². The van der Waals surface area contributed by atoms with Crippen LogP contribution in [0.2, 0.25) is 0 Å². The van der Waals surface area contributed by atoms with Gasteiger partial charge in [-0.3, -0.25) is 0 Å². The van der Waals surface area contributed by atoms with Crippen LogP contribution in [0.1, 0.15) is 36.6 Å². The molecule has 0 saturated carbocycles. The van der Waals surface area contributed by atoms with Crippen LogP contribution < -0.4 is 16.0 Å². The number of nitrogens with one attached hydrogen (secondary N) is 4. The molecule has 3 aromatic heterocycles. The largest absolute Gasteiger partial charge is 0.419 e. The van der Waals surface area contributed by atoms with Crippen molar-refractivity contribution in [3.05, 3.63) is 35.8 Å². The Kier molecular flexibility index (Phi) is 6.06. The molecule has 4 N–H and O–H groups in total. The number of aromatic nitrogens is 4. The van der Waals surface area contributed by atoms with Crippen LogP contribution in [-0.2, 0) is 15.7 Å². The van der Waals surface area contributed by atoms with Crippen molar-refractivity contribution in [1.29, 1.82) is 0 Å². The van der Waals surface area contributed by atoms with Crippen molar-refractivity contribution in [2.75, 3.05) is 44.7 Å². The van der Waals surface area contributed by atoms with E-state index in [1.807, 2.05) is 0 Å². The molecule has 3 aliphatic heterocycles. The molecule has 9 nitrogen and oxygen atoms in total. The number of nitrogens with zero attached hydrogens (tertiary/aromatic N) is 3. The summed E-state index contributed by atoms with van der Waals surface area (Å²) in [6.45, 7) is 4.19. The minimum absolute atomic E-state index is 0.0780. The van der Waals surface area contributed by atoms with Gasteiger partial charge in [0.1, 0.15) is 17.3 Å². The predicted octanol–water partition coefficient (Wildman–Crippen LogP) is 3.02. The molecule has 0 aromatic carbocycles. The topological polar surface area (TPSA) is 109 Å². The molecular weight excluding hydrogens is 475 g/mol. The van der Waals surface area contributed by atoms with Gasteiger partial charge < -0.3 is 30.4 Å². The number of ether oxygens (including phenoxy) is 2. The van der Waals surface area contributed by atoms with E-state index in [0.717, 1.165) is 50.8 Å². The number of hydrogen-bond acceptors (Lipinski definition) is 8. The van der Waals surface area contributed by atoms with Crippen LogP contribution in [0.25, 0.3) is 22.3 Å². The van der Waals surface area contributed by atoms with E-state index in [4.69, 9.17) is 9.47 Å². The van der Waals surface area contributed by atoms with E-state index in [1.165, 1.54) is 6.20 Å². The molecule has 36 heavy (non-hydrogen) atoms. The zero-order valence-corrected chi connectivity index (χ0v) is 19.6. The lowest BCUT2D eigenvalue weighted by Gasteiger charge is -2.33. The average Bonchev–Trinajstić information content (AvgIpc) is 3.48. The van der Waals surface area contributed by atoms with Crippen molar-refractivity contribution in [3.63, 3.8) is 0 Å². The van der Waals surface area contributed by atoms with Crippen molar-refractivity contribution in [2.45, 2.75) is 43.2 Å². The van der Waals surface area contributed by atoms with Crippen LogP contribution in [0.15, 0.2) is 24.5 Å². The third-order valence-corrected chi connectivity index (χ3v) is 7.14. The number of piperidine rings is 1. The molecule has 3 atom stereocenters. The summed E-state index contributed by atoms with van der Waals surface area (Å²) in [6, 6.07) is 3.48. The molecule has 3 unspecified atom stereocenters. The first kappa shape index (κ1) is 23.6. The van der Waals surface area contributed by atoms with Crippen LogP contribution in [-0.4, -0.2) is 71.0 Å². The highest BCUT2D eigenvalue weighted by Crippen LogP contribution is 2.39. The fraction of sp³-hybridized carbons (Fsp3) is 0.542. The normalized spacial score (nSPS) is 27.1. The maximum atomic E-state index is 13.9. The minimum atomic E-state index is -4.61. The number of halogens is 3. The number of H-pyrrole nitrogens is 1. The molecule has 0 amide bonds. The summed E-state index contributed by atoms with van der Waals surface area (Å²) >= 11 is 0. The van der Waals surface area contributed by atoms with E-state index in [2.05, 4.69) is 35.9 Å². The Balaban J connectivity index is 1.30. The highest BCUT2D eigenvalue weighted by Gasteiger charge is 2.42. The van der Waals surface area contributed by atoms with Crippen LogP contribution in [0.3, 0.4) is 0 Å². The smallest absolute Gasteiger partial charge is 0.371 e. The molecule has 3 aromatic rings. The molecule has 192 valence electrons. The highest BCUT2D eigenvalue weighted by atomic mass is 19.4. The molecule has 6 rings (SSSR count). The van der Waals surface area contributed by atoms with Gasteiger partial charge in [0.2, 0.25) is 5.95 Å². The molecule has 3 saturated heterocycles. The summed E-state index contributed by atoms with van der Waals surface area (Å²) in [5.74, 6) is 0.146. The number of rotatable bonds is 4. The Labute approximate surface area is 205 Å². The molecule has 0 bridgehead atoms. The van der Waals surface area contributed by atoms with Gasteiger partial charge >= 0.3 is 6.18 Å². The predicted molar refractivity (Wildman–Crippen MR) is 126 cm³/mol. The molecule has 1 spiro atoms. The SMILES string of the molecule is FC(F)(F)c1cnc(NC2COC3(CCCNC3)C2)nc1-c1c[nH]c2nc(C3CNCCO3)ccc12. The van der Waals surface area contributed by atoms with Gasteiger partial charge in [-0.1, -0.05) is 0 Å². The number of aromatic amines is 1. The number of fused-ring (bicyclic) bond motifs is 1. The average molecular weight is 504 g/mol. The summed E-state index contributed by atoms with van der Waals surface area (Å²) in [5.41, 5.74) is 0.200. The van der Waals surface area contributed by atoms with Gasteiger partial charge in [0.25, 0.3) is 0 Å². The first-order valence-electron chi connectivity index (χ1n) is 12.3. The van der Waals surface area contributed by atoms with Crippen molar-refractivity contribution < 1.29 is 22.6 Å². The standard InChI is InChI=1S/C24H28F3N7O2/c25-24(26,27)17-10-31-22(32-14-8-23(36-12-14)4-1-5-29-13-23)34-20(17)16-9-30-21-15(16)2-3-18(33-21)19-11-28-6-7-35-19/h2-3,9-10,14,19,28-29H,1,4-8,11-13H2,(H,30,33)(H,31,32,34). The van der Waals surface area contributed by atoms with Crippen molar-refractivity contribution in [2.24, 2.45) is 0 Å². The summed E-state index contributed by atoms with van der Waals surface area (Å²) in [6.07, 6.45) is 0.298. The lowest BCUT2D eigenvalue weighted by molar-refractivity contribution is -0.137. The second kappa shape index (κ2) is 9.25. The van der Waals surface area contributed by atoms with Gasteiger partial charge in [0.05, 0.1) is 36.2 Å². The lowest BCUT2D eigenvalue weighted by Crippen LogP contribution is -2.45. The third-order valence-electron chi connectivity index (χ3n) is 7.14. The van der Waals surface area contributed by atoms with E-state index >= 15 is 0 Å². The Morgan fingerprint density at radius 3 is 2.83 bits per heavy atom. The Morgan fingerprint density at radius 1 is 1.14 bits per heavy atom. The van der Waals surface area contributed by atoms with Gasteiger partial charge in [-0.05, 0) is 31.5 Å². The fourth-order valence-electron chi connectivity index (χ4n) is 5.37. The van der Waals surface area contributed by atoms with Gasteiger partial charge in [-0.25, -0.2) is 15.0 Å². The molecule has 6 heterocycles. The Hall–Kier alpha value is -2.80. The van der Waals surface area contributed by atoms with E-state index in [9.17, 15) is 13.2 Å². The second-order valence-electron chi connectivity index (χ2n) is 9.67. The summed E-state index contributed by atoms with van der Waals surface area (Å²) < 4.78 is 53.7.